The fourth-order valence-electron chi connectivity index (χ4n) is 0.164. The second-order valence-corrected chi connectivity index (χ2v) is 1.05. The molecule has 0 saturated carbocycles. The molecule has 0 aliphatic carbocycles. The van der Waals surface area contributed by atoms with Crippen molar-refractivity contribution in [2.24, 2.45) is 0 Å². The summed E-state index contributed by atoms with van der Waals surface area (Å²) in [6.07, 6.45) is 0.864. The van der Waals surface area contributed by atoms with Gasteiger partial charge in [0.1, 0.15) is 0 Å². The zero-order valence-corrected chi connectivity index (χ0v) is 6.32. The molecule has 0 atom stereocenters. The molecule has 0 saturated heterocycles. The molecule has 0 unspecified atom stereocenters. The Morgan fingerprint density at radius 3 is 2.10 bits per heavy atom. The fraction of sp³-hybridized carbons (Fsp3) is 0. The second-order valence-electron chi connectivity index (χ2n) is 1.05. The molecule has 6 heteroatoms. The Morgan fingerprint density at radius 1 is 1.30 bits per heavy atom. The maximum absolute atomic E-state index is 9.80. The first-order valence-electron chi connectivity index (χ1n) is 1.89. The van der Waals surface area contributed by atoms with E-state index in [1.165, 1.54) is 0 Å². The van der Waals surface area contributed by atoms with Gasteiger partial charge in [0.25, 0.3) is 0 Å². The van der Waals surface area contributed by atoms with Gasteiger partial charge in [-0.1, -0.05) is 0 Å². The minimum Gasteiger partial charge on any atom is -0.661 e. The van der Waals surface area contributed by atoms with E-state index in [-0.39, 0.29) is 23.1 Å². The van der Waals surface area contributed by atoms with Crippen molar-refractivity contribution in [3.63, 3.8) is 0 Å². The minimum atomic E-state index is -1.56. The Morgan fingerprint density at radius 2 is 1.80 bits per heavy atom. The van der Waals surface area contributed by atoms with Crippen LogP contribution in [0.1, 0.15) is 0 Å². The quantitative estimate of drug-likeness (QED) is 0.180. The van der Waals surface area contributed by atoms with Crippen LogP contribution in [0.2, 0.25) is 0 Å². The van der Waals surface area contributed by atoms with Gasteiger partial charge in [-0.25, -0.2) is 4.79 Å². The van der Waals surface area contributed by atoms with Crippen LogP contribution in [0.5, 0.6) is 0 Å². The molecule has 0 aliphatic heterocycles. The molecule has 0 aliphatic rings. The first-order valence-corrected chi connectivity index (χ1v) is 1.89. The van der Waals surface area contributed by atoms with Gasteiger partial charge in [-0.2, -0.15) is 0 Å². The summed E-state index contributed by atoms with van der Waals surface area (Å²) in [6, 6.07) is 0. The number of carbonyl (C=O) groups is 2. The molecule has 0 bridgehead atoms. The summed E-state index contributed by atoms with van der Waals surface area (Å²) < 4.78 is 0. The van der Waals surface area contributed by atoms with Crippen LogP contribution >= 0.6 is 0 Å². The van der Waals surface area contributed by atoms with E-state index in [1.807, 2.05) is 0 Å². The Hall–Kier alpha value is -0.594. The summed E-state index contributed by atoms with van der Waals surface area (Å²) in [7, 11) is 0. The predicted molar refractivity (Wildman–Crippen MR) is 26.0 cm³/mol. The third kappa shape index (κ3) is 7.41. The van der Waals surface area contributed by atoms with E-state index in [0.717, 1.165) is 0 Å². The SMILES string of the molecule is O=C([O-])/C=C\C(=O)O[O-].[Mg+2]. The van der Waals surface area contributed by atoms with Crippen molar-refractivity contribution in [3.05, 3.63) is 12.2 Å². The molecule has 0 aromatic heterocycles. The zero-order chi connectivity index (χ0) is 7.28. The normalized spacial score (nSPS) is 8.50. The van der Waals surface area contributed by atoms with Gasteiger partial charge < -0.3 is 20.0 Å². The Balaban J connectivity index is 0. The van der Waals surface area contributed by atoms with Crippen LogP contribution < -0.4 is 10.4 Å². The van der Waals surface area contributed by atoms with Gasteiger partial charge in [0.05, 0.1) is 5.97 Å². The van der Waals surface area contributed by atoms with Crippen molar-refractivity contribution in [1.82, 2.24) is 0 Å². The summed E-state index contributed by atoms with van der Waals surface area (Å²) in [6.45, 7) is 0. The largest absolute Gasteiger partial charge is 2.00 e. The van der Waals surface area contributed by atoms with Crippen LogP contribution in [0.4, 0.5) is 0 Å². The molecule has 0 N–H and O–H groups in total. The molecule has 0 aromatic rings. The van der Waals surface area contributed by atoms with E-state index < -0.39 is 11.9 Å². The summed E-state index contributed by atoms with van der Waals surface area (Å²) in [5.74, 6) is -2.82. The zero-order valence-electron chi connectivity index (χ0n) is 4.90. The monoisotopic (exact) mass is 154 g/mol. The topological polar surface area (TPSA) is 89.5 Å². The number of carboxylic acid groups (broad SMARTS) is 1. The number of aliphatic carboxylic acids is 1. The van der Waals surface area contributed by atoms with Gasteiger partial charge in [0.2, 0.25) is 0 Å². The second kappa shape index (κ2) is 6.53. The molecule has 0 amide bonds. The average Bonchev–Trinajstić information content (AvgIpc) is 1.83. The Labute approximate surface area is 72.4 Å². The molecule has 10 heavy (non-hydrogen) atoms. The average molecular weight is 154 g/mol. The van der Waals surface area contributed by atoms with Gasteiger partial charge in [0.15, 0.2) is 0 Å². The van der Waals surface area contributed by atoms with Crippen molar-refractivity contribution >= 4 is 35.0 Å². The van der Waals surface area contributed by atoms with Crippen LogP contribution in [0, 0.1) is 0 Å². The fourth-order valence-corrected chi connectivity index (χ4v) is 0.164. The van der Waals surface area contributed by atoms with Crippen molar-refractivity contribution in [2.75, 3.05) is 0 Å². The van der Waals surface area contributed by atoms with E-state index in [1.54, 1.807) is 0 Å². The summed E-state index contributed by atoms with van der Waals surface area (Å²) in [4.78, 5) is 22.1. The Bertz CT molecular complexity index is 152. The summed E-state index contributed by atoms with van der Waals surface area (Å²) in [5.41, 5.74) is 0. The molecule has 0 aromatic carbocycles. The predicted octanol–water partition coefficient (Wildman–Crippen LogP) is -3.27. The van der Waals surface area contributed by atoms with E-state index in [2.05, 4.69) is 4.89 Å². The minimum absolute atomic E-state index is 0. The van der Waals surface area contributed by atoms with Gasteiger partial charge in [-0.15, -0.1) is 0 Å². The van der Waals surface area contributed by atoms with Gasteiger partial charge in [-0.3, -0.25) is 0 Å². The van der Waals surface area contributed by atoms with Crippen molar-refractivity contribution in [2.45, 2.75) is 0 Å². The molecule has 0 fully saturated rings. The van der Waals surface area contributed by atoms with Crippen LogP contribution in [0.15, 0.2) is 12.2 Å². The molecule has 0 heterocycles. The van der Waals surface area contributed by atoms with Crippen molar-refractivity contribution in [1.29, 1.82) is 0 Å². The molecular weight excluding hydrogens is 152 g/mol. The van der Waals surface area contributed by atoms with Crippen LogP contribution in [-0.4, -0.2) is 35.0 Å². The van der Waals surface area contributed by atoms with Crippen LogP contribution in [-0.2, 0) is 14.5 Å². The first kappa shape index (κ1) is 12.1. The molecule has 0 radical (unpaired) electrons. The third-order valence-corrected chi connectivity index (χ3v) is 0.438. The van der Waals surface area contributed by atoms with Gasteiger partial charge >= 0.3 is 29.0 Å². The van der Waals surface area contributed by atoms with Crippen molar-refractivity contribution in [3.8, 4) is 0 Å². The number of rotatable bonds is 2. The van der Waals surface area contributed by atoms with Crippen molar-refractivity contribution < 1.29 is 24.8 Å². The standard InChI is InChI=1S/C4H4O5.Mg/c5-3(6)1-2-4(7)9-8;/h1-2,8H,(H,5,6);/q;+2/p-2/b2-1-;. The number of hydrogen-bond acceptors (Lipinski definition) is 5. The third-order valence-electron chi connectivity index (χ3n) is 0.438. The van der Waals surface area contributed by atoms with E-state index >= 15 is 0 Å². The van der Waals surface area contributed by atoms with Crippen LogP contribution in [0.3, 0.4) is 0 Å². The molecule has 5 nitrogen and oxygen atoms in total. The summed E-state index contributed by atoms with van der Waals surface area (Å²) >= 11 is 0. The number of carbonyl (C=O) groups excluding carboxylic acids is 2. The number of hydrogen-bond donors (Lipinski definition) is 0. The van der Waals surface area contributed by atoms with Gasteiger partial charge in [-0.05, 0) is 6.08 Å². The first-order chi connectivity index (χ1) is 4.16. The van der Waals surface area contributed by atoms with Gasteiger partial charge in [0, 0.05) is 6.08 Å². The van der Waals surface area contributed by atoms with E-state index in [9.17, 15) is 14.7 Å². The summed E-state index contributed by atoms with van der Waals surface area (Å²) in [5, 5.41) is 18.6. The maximum Gasteiger partial charge on any atom is 2.00 e. The Kier molecular flexibility index (Phi) is 7.91. The smallest absolute Gasteiger partial charge is 0.661 e. The molecular formula is C4H2MgO5. The molecule has 0 spiro atoms. The van der Waals surface area contributed by atoms with E-state index in [0.29, 0.717) is 12.2 Å². The maximum atomic E-state index is 9.80. The van der Waals surface area contributed by atoms with Crippen LogP contribution in [0.25, 0.3) is 0 Å². The molecule has 0 rings (SSSR count). The molecule has 50 valence electrons. The van der Waals surface area contributed by atoms with E-state index in [4.69, 9.17) is 5.26 Å². The number of carboxylic acids is 1.